The molecular weight excluding hydrogens is 273 g/mol. The topological polar surface area (TPSA) is 53.6 Å². The number of urea groups is 1. The molecule has 0 aromatic heterocycles. The third kappa shape index (κ3) is 4.68. The summed E-state index contributed by atoms with van der Waals surface area (Å²) in [6, 6.07) is 4.28. The highest BCUT2D eigenvalue weighted by molar-refractivity contribution is 5.90. The van der Waals surface area contributed by atoms with E-state index in [1.54, 1.807) is 13.0 Å². The number of carbonyl (C=O) groups excluding carboxylic acids is 1. The van der Waals surface area contributed by atoms with Gasteiger partial charge < -0.3 is 15.4 Å². The first-order valence-corrected chi connectivity index (χ1v) is 7.19. The minimum atomic E-state index is -0.306. The highest BCUT2D eigenvalue weighted by atomic mass is 19.1. The van der Waals surface area contributed by atoms with E-state index in [9.17, 15) is 9.18 Å². The van der Waals surface area contributed by atoms with Crippen LogP contribution in [0.1, 0.15) is 12.5 Å². The summed E-state index contributed by atoms with van der Waals surface area (Å²) in [5, 5.41) is 5.58. The Hall–Kier alpha value is -1.66. The molecule has 1 saturated heterocycles. The number of amides is 2. The van der Waals surface area contributed by atoms with Crippen LogP contribution in [0.3, 0.4) is 0 Å². The molecule has 0 bridgehead atoms. The van der Waals surface area contributed by atoms with Gasteiger partial charge in [-0.2, -0.15) is 0 Å². The van der Waals surface area contributed by atoms with E-state index in [0.29, 0.717) is 17.8 Å². The first-order chi connectivity index (χ1) is 10.1. The van der Waals surface area contributed by atoms with E-state index in [0.717, 1.165) is 26.3 Å². The molecule has 5 nitrogen and oxygen atoms in total. The lowest BCUT2D eigenvalue weighted by Gasteiger charge is -2.32. The van der Waals surface area contributed by atoms with Crippen LogP contribution in [0.2, 0.25) is 0 Å². The van der Waals surface area contributed by atoms with Crippen LogP contribution in [0.25, 0.3) is 0 Å². The number of anilines is 1. The zero-order valence-electron chi connectivity index (χ0n) is 12.5. The van der Waals surface area contributed by atoms with Gasteiger partial charge in [0, 0.05) is 31.4 Å². The summed E-state index contributed by atoms with van der Waals surface area (Å²) < 4.78 is 18.3. The van der Waals surface area contributed by atoms with Crippen molar-refractivity contribution in [2.45, 2.75) is 19.9 Å². The van der Waals surface area contributed by atoms with Gasteiger partial charge in [0.25, 0.3) is 0 Å². The van der Waals surface area contributed by atoms with Gasteiger partial charge in [-0.3, -0.25) is 4.90 Å². The van der Waals surface area contributed by atoms with Gasteiger partial charge in [0.2, 0.25) is 0 Å². The van der Waals surface area contributed by atoms with Gasteiger partial charge in [0.1, 0.15) is 5.82 Å². The van der Waals surface area contributed by atoms with Gasteiger partial charge in [-0.05, 0) is 37.6 Å². The molecule has 0 saturated carbocycles. The van der Waals surface area contributed by atoms with E-state index in [4.69, 9.17) is 4.74 Å². The molecule has 0 spiro atoms. The lowest BCUT2D eigenvalue weighted by molar-refractivity contribution is 0.0209. The lowest BCUT2D eigenvalue weighted by atomic mass is 10.2. The van der Waals surface area contributed by atoms with Crippen LogP contribution in [0, 0.1) is 12.7 Å². The molecular formula is C15H22FN3O2. The standard InChI is InChI=1S/C15H22FN3O2/c1-11-9-13(16)3-4-14(11)18-15(20)17-10-12(2)19-5-7-21-8-6-19/h3-4,9,12H,5-8,10H2,1-2H3,(H2,17,18,20)/t12-/m0/s1. The van der Waals surface area contributed by atoms with Gasteiger partial charge in [-0.15, -0.1) is 0 Å². The van der Waals surface area contributed by atoms with Gasteiger partial charge in [-0.25, -0.2) is 9.18 Å². The number of aryl methyl sites for hydroxylation is 1. The van der Waals surface area contributed by atoms with E-state index in [1.165, 1.54) is 12.1 Å². The zero-order valence-corrected chi connectivity index (χ0v) is 12.5. The Morgan fingerprint density at radius 3 is 2.81 bits per heavy atom. The quantitative estimate of drug-likeness (QED) is 0.893. The fourth-order valence-corrected chi connectivity index (χ4v) is 2.32. The highest BCUT2D eigenvalue weighted by Gasteiger charge is 2.17. The van der Waals surface area contributed by atoms with Crippen molar-refractivity contribution in [1.82, 2.24) is 10.2 Å². The van der Waals surface area contributed by atoms with Crippen molar-refractivity contribution in [3.63, 3.8) is 0 Å². The van der Waals surface area contributed by atoms with E-state index in [-0.39, 0.29) is 17.9 Å². The zero-order chi connectivity index (χ0) is 15.2. The third-order valence-electron chi connectivity index (χ3n) is 3.66. The minimum absolute atomic E-state index is 0.258. The van der Waals surface area contributed by atoms with Crippen LogP contribution in [-0.4, -0.2) is 49.8 Å². The lowest BCUT2D eigenvalue weighted by Crippen LogP contribution is -2.47. The number of rotatable bonds is 4. The molecule has 2 N–H and O–H groups in total. The number of morpholine rings is 1. The first kappa shape index (κ1) is 15.7. The number of halogens is 1. The SMILES string of the molecule is Cc1cc(F)ccc1NC(=O)NC[C@H](C)N1CCOCC1. The summed E-state index contributed by atoms with van der Waals surface area (Å²) in [5.41, 5.74) is 1.32. The monoisotopic (exact) mass is 295 g/mol. The van der Waals surface area contributed by atoms with E-state index >= 15 is 0 Å². The second-order valence-corrected chi connectivity index (χ2v) is 5.29. The van der Waals surface area contributed by atoms with E-state index in [1.807, 2.05) is 0 Å². The van der Waals surface area contributed by atoms with Crippen LogP contribution >= 0.6 is 0 Å². The Balaban J connectivity index is 1.78. The van der Waals surface area contributed by atoms with E-state index in [2.05, 4.69) is 22.5 Å². The molecule has 1 aromatic rings. The van der Waals surface area contributed by atoms with Gasteiger partial charge in [0.05, 0.1) is 13.2 Å². The third-order valence-corrected chi connectivity index (χ3v) is 3.66. The summed E-state index contributed by atoms with van der Waals surface area (Å²) in [6.45, 7) is 7.66. The highest BCUT2D eigenvalue weighted by Crippen LogP contribution is 2.15. The Labute approximate surface area is 124 Å². The van der Waals surface area contributed by atoms with Crippen LogP contribution in [-0.2, 0) is 4.74 Å². The fraction of sp³-hybridized carbons (Fsp3) is 0.533. The summed E-state index contributed by atoms with van der Waals surface area (Å²) in [6.07, 6.45) is 0. The van der Waals surface area contributed by atoms with Crippen LogP contribution in [0.15, 0.2) is 18.2 Å². The summed E-state index contributed by atoms with van der Waals surface area (Å²) in [7, 11) is 0. The molecule has 1 heterocycles. The number of hydrogen-bond acceptors (Lipinski definition) is 3. The minimum Gasteiger partial charge on any atom is -0.379 e. The first-order valence-electron chi connectivity index (χ1n) is 7.19. The van der Waals surface area contributed by atoms with Crippen LogP contribution in [0.4, 0.5) is 14.9 Å². The maximum atomic E-state index is 13.0. The summed E-state index contributed by atoms with van der Waals surface area (Å²) in [5.74, 6) is -0.306. The number of nitrogens with zero attached hydrogens (tertiary/aromatic N) is 1. The normalized spacial score (nSPS) is 17.3. The molecule has 0 radical (unpaired) electrons. The van der Waals surface area contributed by atoms with Crippen molar-refractivity contribution in [3.8, 4) is 0 Å². The van der Waals surface area contributed by atoms with Crippen molar-refractivity contribution in [3.05, 3.63) is 29.6 Å². The van der Waals surface area contributed by atoms with Crippen LogP contribution < -0.4 is 10.6 Å². The Bertz CT molecular complexity index is 490. The molecule has 1 aliphatic heterocycles. The molecule has 1 aliphatic rings. The van der Waals surface area contributed by atoms with Crippen molar-refractivity contribution < 1.29 is 13.9 Å². The van der Waals surface area contributed by atoms with Crippen molar-refractivity contribution in [1.29, 1.82) is 0 Å². The van der Waals surface area contributed by atoms with Gasteiger partial charge >= 0.3 is 6.03 Å². The number of carbonyl (C=O) groups is 1. The molecule has 116 valence electrons. The molecule has 6 heteroatoms. The van der Waals surface area contributed by atoms with Crippen LogP contribution in [0.5, 0.6) is 0 Å². The average molecular weight is 295 g/mol. The Morgan fingerprint density at radius 1 is 1.43 bits per heavy atom. The smallest absolute Gasteiger partial charge is 0.319 e. The molecule has 1 atom stereocenters. The summed E-state index contributed by atoms with van der Waals surface area (Å²) >= 11 is 0. The number of ether oxygens (including phenoxy) is 1. The Kier molecular flexibility index (Phi) is 5.52. The number of benzene rings is 1. The fourth-order valence-electron chi connectivity index (χ4n) is 2.32. The molecule has 2 rings (SSSR count). The van der Waals surface area contributed by atoms with Crippen molar-refractivity contribution in [2.24, 2.45) is 0 Å². The van der Waals surface area contributed by atoms with Gasteiger partial charge in [-0.1, -0.05) is 0 Å². The molecule has 0 unspecified atom stereocenters. The Morgan fingerprint density at radius 2 is 2.14 bits per heavy atom. The number of hydrogen-bond donors (Lipinski definition) is 2. The van der Waals surface area contributed by atoms with E-state index < -0.39 is 0 Å². The maximum absolute atomic E-state index is 13.0. The van der Waals surface area contributed by atoms with Crippen molar-refractivity contribution in [2.75, 3.05) is 38.2 Å². The molecule has 0 aliphatic carbocycles. The molecule has 1 aromatic carbocycles. The predicted octanol–water partition coefficient (Wildman–Crippen LogP) is 1.98. The molecule has 2 amide bonds. The second kappa shape index (κ2) is 7.38. The largest absolute Gasteiger partial charge is 0.379 e. The molecule has 1 fully saturated rings. The maximum Gasteiger partial charge on any atom is 0.319 e. The van der Waals surface area contributed by atoms with Crippen molar-refractivity contribution >= 4 is 11.7 Å². The second-order valence-electron chi connectivity index (χ2n) is 5.29. The summed E-state index contributed by atoms with van der Waals surface area (Å²) in [4.78, 5) is 14.2. The van der Waals surface area contributed by atoms with Gasteiger partial charge in [0.15, 0.2) is 0 Å². The average Bonchev–Trinajstić information content (AvgIpc) is 2.48. The predicted molar refractivity (Wildman–Crippen MR) is 80.0 cm³/mol. The number of nitrogens with one attached hydrogen (secondary N) is 2. The molecule has 21 heavy (non-hydrogen) atoms.